The maximum absolute atomic E-state index is 13.2. The minimum absolute atomic E-state index is 0.0200. The summed E-state index contributed by atoms with van der Waals surface area (Å²) < 4.78 is 1.04. The van der Waals surface area contributed by atoms with Crippen molar-refractivity contribution in [2.24, 2.45) is 5.73 Å². The van der Waals surface area contributed by atoms with Crippen LogP contribution in [-0.2, 0) is 11.3 Å². The van der Waals surface area contributed by atoms with E-state index in [0.717, 1.165) is 21.7 Å². The average Bonchev–Trinajstić information content (AvgIpc) is 2.88. The second-order valence-corrected chi connectivity index (χ2v) is 8.43. The molecule has 7 nitrogen and oxygen atoms in total. The Bertz CT molecular complexity index is 1170. The molecule has 0 radical (unpaired) electrons. The Labute approximate surface area is 171 Å². The van der Waals surface area contributed by atoms with Crippen molar-refractivity contribution in [1.82, 2.24) is 9.78 Å². The van der Waals surface area contributed by atoms with Gasteiger partial charge in [-0.05, 0) is 24.6 Å². The number of amides is 2. The third kappa shape index (κ3) is 3.63. The van der Waals surface area contributed by atoms with Gasteiger partial charge < -0.3 is 10.6 Å². The molecule has 148 valence electrons. The number of fused-ring (bicyclic) bond motifs is 2. The lowest BCUT2D eigenvalue weighted by Crippen LogP contribution is -2.39. The SMILES string of the molecule is CC1CCN(C(=O)Cn2nc(C(N)=O)c3ccccc3c2=O)c2ccccc2S1. The summed E-state index contributed by atoms with van der Waals surface area (Å²) >= 11 is 1.73. The van der Waals surface area contributed by atoms with Gasteiger partial charge in [-0.25, -0.2) is 4.68 Å². The molecule has 0 fully saturated rings. The van der Waals surface area contributed by atoms with Gasteiger partial charge in [-0.15, -0.1) is 11.8 Å². The predicted molar refractivity (Wildman–Crippen MR) is 113 cm³/mol. The van der Waals surface area contributed by atoms with Crippen LogP contribution in [0.2, 0.25) is 0 Å². The number of aromatic nitrogens is 2. The number of nitrogens with zero attached hydrogens (tertiary/aromatic N) is 3. The second kappa shape index (κ2) is 7.71. The minimum atomic E-state index is -0.743. The molecule has 0 bridgehead atoms. The minimum Gasteiger partial charge on any atom is -0.364 e. The standard InChI is InChI=1S/C21H20N4O3S/c1-13-10-11-24(16-8-4-5-9-17(16)29-13)18(26)12-25-21(28)15-7-3-2-6-14(15)19(23-25)20(22)27/h2-9,13H,10-12H2,1H3,(H2,22,27). The highest BCUT2D eigenvalue weighted by Crippen LogP contribution is 2.37. The first-order valence-corrected chi connectivity index (χ1v) is 10.2. The molecule has 1 aliphatic heterocycles. The molecule has 2 aromatic carbocycles. The molecular weight excluding hydrogens is 388 g/mol. The molecule has 8 heteroatoms. The molecule has 0 spiro atoms. The first-order valence-electron chi connectivity index (χ1n) is 9.31. The Morgan fingerprint density at radius 2 is 1.83 bits per heavy atom. The van der Waals surface area contributed by atoms with Gasteiger partial charge >= 0.3 is 0 Å². The largest absolute Gasteiger partial charge is 0.364 e. The van der Waals surface area contributed by atoms with Crippen molar-refractivity contribution in [3.8, 4) is 0 Å². The summed E-state index contributed by atoms with van der Waals surface area (Å²) in [6, 6.07) is 14.4. The van der Waals surface area contributed by atoms with E-state index >= 15 is 0 Å². The molecule has 1 unspecified atom stereocenters. The average molecular weight is 408 g/mol. The van der Waals surface area contributed by atoms with E-state index in [1.165, 1.54) is 0 Å². The number of carbonyl (C=O) groups excluding carboxylic acids is 2. The molecular formula is C21H20N4O3S. The van der Waals surface area contributed by atoms with Gasteiger partial charge in [0.2, 0.25) is 5.91 Å². The number of benzene rings is 2. The fraction of sp³-hybridized carbons (Fsp3) is 0.238. The molecule has 4 rings (SSSR count). The third-order valence-corrected chi connectivity index (χ3v) is 6.17. The summed E-state index contributed by atoms with van der Waals surface area (Å²) in [6.07, 6.45) is 0.831. The van der Waals surface area contributed by atoms with E-state index in [0.29, 0.717) is 22.6 Å². The van der Waals surface area contributed by atoms with Crippen LogP contribution in [-0.4, -0.2) is 33.4 Å². The summed E-state index contributed by atoms with van der Waals surface area (Å²) in [6.45, 7) is 2.41. The van der Waals surface area contributed by atoms with Crippen LogP contribution in [0.4, 0.5) is 5.69 Å². The first kappa shape index (κ1) is 19.2. The third-order valence-electron chi connectivity index (χ3n) is 4.93. The number of nitrogens with two attached hydrogens (primary N) is 1. The second-order valence-electron chi connectivity index (χ2n) is 6.95. The normalized spacial score (nSPS) is 16.3. The number of para-hydroxylation sites is 1. The molecule has 0 saturated carbocycles. The molecule has 3 aromatic rings. The van der Waals surface area contributed by atoms with Crippen LogP contribution >= 0.6 is 11.8 Å². The van der Waals surface area contributed by atoms with E-state index in [1.807, 2.05) is 24.3 Å². The Morgan fingerprint density at radius 1 is 1.14 bits per heavy atom. The summed E-state index contributed by atoms with van der Waals surface area (Å²) in [5.74, 6) is -1.000. The zero-order valence-electron chi connectivity index (χ0n) is 15.9. The molecule has 29 heavy (non-hydrogen) atoms. The maximum atomic E-state index is 13.2. The molecule has 0 saturated heterocycles. The van der Waals surface area contributed by atoms with Gasteiger partial charge in [0.25, 0.3) is 11.5 Å². The quantitative estimate of drug-likeness (QED) is 0.718. The summed E-state index contributed by atoms with van der Waals surface area (Å²) in [7, 11) is 0. The number of primary amides is 1. The van der Waals surface area contributed by atoms with Crippen LogP contribution in [0.25, 0.3) is 10.8 Å². The van der Waals surface area contributed by atoms with E-state index in [2.05, 4.69) is 12.0 Å². The number of rotatable bonds is 3. The number of anilines is 1. The molecule has 2 heterocycles. The van der Waals surface area contributed by atoms with Gasteiger partial charge in [0.15, 0.2) is 5.69 Å². The van der Waals surface area contributed by atoms with Gasteiger partial charge in [0.05, 0.1) is 11.1 Å². The van der Waals surface area contributed by atoms with Crippen molar-refractivity contribution in [1.29, 1.82) is 0 Å². The van der Waals surface area contributed by atoms with E-state index in [-0.39, 0.29) is 18.1 Å². The molecule has 1 aromatic heterocycles. The Kier molecular flexibility index (Phi) is 5.10. The Morgan fingerprint density at radius 3 is 2.59 bits per heavy atom. The summed E-state index contributed by atoms with van der Waals surface area (Å²) in [5.41, 5.74) is 5.84. The van der Waals surface area contributed by atoms with Crippen molar-refractivity contribution < 1.29 is 9.59 Å². The summed E-state index contributed by atoms with van der Waals surface area (Å²) in [5, 5.41) is 5.18. The predicted octanol–water partition coefficient (Wildman–Crippen LogP) is 2.41. The Hall–Kier alpha value is -3.13. The maximum Gasteiger partial charge on any atom is 0.275 e. The van der Waals surface area contributed by atoms with Crippen molar-refractivity contribution in [2.75, 3.05) is 11.4 Å². The zero-order chi connectivity index (χ0) is 20.5. The van der Waals surface area contributed by atoms with Gasteiger partial charge in [0.1, 0.15) is 6.54 Å². The summed E-state index contributed by atoms with van der Waals surface area (Å²) in [4.78, 5) is 40.6. The first-order chi connectivity index (χ1) is 14.0. The fourth-order valence-electron chi connectivity index (χ4n) is 3.48. The fourth-order valence-corrected chi connectivity index (χ4v) is 4.60. The van der Waals surface area contributed by atoms with Crippen molar-refractivity contribution in [3.63, 3.8) is 0 Å². The van der Waals surface area contributed by atoms with Crippen LogP contribution in [0.1, 0.15) is 23.8 Å². The van der Waals surface area contributed by atoms with E-state index in [1.54, 1.807) is 40.9 Å². The highest BCUT2D eigenvalue weighted by atomic mass is 32.2. The Balaban J connectivity index is 1.74. The topological polar surface area (TPSA) is 98.3 Å². The molecule has 1 atom stereocenters. The van der Waals surface area contributed by atoms with Gasteiger partial charge in [-0.3, -0.25) is 14.4 Å². The lowest BCUT2D eigenvalue weighted by Gasteiger charge is -2.22. The highest BCUT2D eigenvalue weighted by molar-refractivity contribution is 8.00. The molecule has 0 aliphatic carbocycles. The van der Waals surface area contributed by atoms with Crippen LogP contribution in [0, 0.1) is 0 Å². The lowest BCUT2D eigenvalue weighted by atomic mass is 10.1. The number of hydrogen-bond donors (Lipinski definition) is 1. The smallest absolute Gasteiger partial charge is 0.275 e. The van der Waals surface area contributed by atoms with Gasteiger partial charge in [-0.1, -0.05) is 37.3 Å². The zero-order valence-corrected chi connectivity index (χ0v) is 16.7. The van der Waals surface area contributed by atoms with Crippen molar-refractivity contribution in [2.45, 2.75) is 30.0 Å². The van der Waals surface area contributed by atoms with Crippen LogP contribution < -0.4 is 16.2 Å². The van der Waals surface area contributed by atoms with Crippen LogP contribution in [0.3, 0.4) is 0 Å². The number of thioether (sulfide) groups is 1. The van der Waals surface area contributed by atoms with Gasteiger partial charge in [0, 0.05) is 22.1 Å². The van der Waals surface area contributed by atoms with Crippen LogP contribution in [0.5, 0.6) is 0 Å². The van der Waals surface area contributed by atoms with Crippen molar-refractivity contribution in [3.05, 3.63) is 64.6 Å². The lowest BCUT2D eigenvalue weighted by molar-refractivity contribution is -0.119. The van der Waals surface area contributed by atoms with E-state index in [9.17, 15) is 14.4 Å². The number of carbonyl (C=O) groups is 2. The monoisotopic (exact) mass is 408 g/mol. The number of hydrogen-bond acceptors (Lipinski definition) is 5. The molecule has 2 amide bonds. The van der Waals surface area contributed by atoms with Gasteiger partial charge in [-0.2, -0.15) is 5.10 Å². The van der Waals surface area contributed by atoms with Crippen molar-refractivity contribution >= 4 is 40.0 Å². The van der Waals surface area contributed by atoms with E-state index < -0.39 is 11.5 Å². The van der Waals surface area contributed by atoms with E-state index in [4.69, 9.17) is 5.73 Å². The molecule has 2 N–H and O–H groups in total. The highest BCUT2D eigenvalue weighted by Gasteiger charge is 2.25. The van der Waals surface area contributed by atoms with Crippen LogP contribution in [0.15, 0.2) is 58.2 Å². The molecule has 1 aliphatic rings.